The maximum absolute atomic E-state index is 5.96. The Kier molecular flexibility index (Phi) is 5.07. The Balaban J connectivity index is 1.31. The zero-order chi connectivity index (χ0) is 24.6. The smallest absolute Gasteiger partial charge is 0.227 e. The SMILES string of the molecule is c1ccc(-c2ccc(-c3nc4ccccc4nc3-c3ccc(-c4nc5ccccc5o4)cc3)cc2)cc1. The van der Waals surface area contributed by atoms with E-state index in [1.807, 2.05) is 66.7 Å². The highest BCUT2D eigenvalue weighted by molar-refractivity contribution is 5.87. The highest BCUT2D eigenvalue weighted by Crippen LogP contribution is 2.34. The first-order chi connectivity index (χ1) is 18.3. The van der Waals surface area contributed by atoms with E-state index in [4.69, 9.17) is 14.4 Å². The first kappa shape index (κ1) is 21.2. The number of hydrogen-bond acceptors (Lipinski definition) is 4. The van der Waals surface area contributed by atoms with E-state index in [1.165, 1.54) is 11.1 Å². The van der Waals surface area contributed by atoms with Gasteiger partial charge in [0.1, 0.15) is 5.52 Å². The van der Waals surface area contributed by atoms with Crippen molar-refractivity contribution < 1.29 is 4.42 Å². The van der Waals surface area contributed by atoms with Gasteiger partial charge >= 0.3 is 0 Å². The van der Waals surface area contributed by atoms with Crippen LogP contribution in [0.5, 0.6) is 0 Å². The number of rotatable bonds is 4. The third-order valence-corrected chi connectivity index (χ3v) is 6.54. The Morgan fingerprint density at radius 3 is 1.41 bits per heavy atom. The first-order valence-electron chi connectivity index (χ1n) is 12.2. The summed E-state index contributed by atoms with van der Waals surface area (Å²) in [6, 6.07) is 42.9. The summed E-state index contributed by atoms with van der Waals surface area (Å²) in [6.45, 7) is 0. The molecule has 4 nitrogen and oxygen atoms in total. The standard InChI is InChI=1S/C33H21N3O/c1-2-8-22(9-3-1)23-14-16-24(17-15-23)31-32(35-28-11-5-4-10-27(28)34-31)25-18-20-26(21-19-25)33-36-29-12-6-7-13-30(29)37-33/h1-21H. The van der Waals surface area contributed by atoms with Crippen LogP contribution in [0.15, 0.2) is 132 Å². The van der Waals surface area contributed by atoms with Gasteiger partial charge in [0.15, 0.2) is 5.58 Å². The molecule has 0 unspecified atom stereocenters. The van der Waals surface area contributed by atoms with Crippen molar-refractivity contribution in [2.24, 2.45) is 0 Å². The van der Waals surface area contributed by atoms with E-state index in [9.17, 15) is 0 Å². The van der Waals surface area contributed by atoms with Crippen molar-refractivity contribution in [3.8, 4) is 45.1 Å². The van der Waals surface area contributed by atoms with Crippen LogP contribution in [0.2, 0.25) is 0 Å². The van der Waals surface area contributed by atoms with Gasteiger partial charge in [-0.2, -0.15) is 0 Å². The molecule has 0 fully saturated rings. The van der Waals surface area contributed by atoms with E-state index >= 15 is 0 Å². The average molecular weight is 476 g/mol. The number of benzene rings is 5. The summed E-state index contributed by atoms with van der Waals surface area (Å²) >= 11 is 0. The molecule has 7 aromatic rings. The molecule has 174 valence electrons. The van der Waals surface area contributed by atoms with Gasteiger partial charge in [-0.1, -0.05) is 91.0 Å². The Bertz CT molecular complexity index is 1820. The van der Waals surface area contributed by atoms with Gasteiger partial charge in [-0.25, -0.2) is 15.0 Å². The minimum atomic E-state index is 0.606. The monoisotopic (exact) mass is 475 g/mol. The van der Waals surface area contributed by atoms with Gasteiger partial charge in [0.05, 0.1) is 22.4 Å². The summed E-state index contributed by atoms with van der Waals surface area (Å²) in [5, 5.41) is 0. The van der Waals surface area contributed by atoms with Gasteiger partial charge in [-0.3, -0.25) is 0 Å². The van der Waals surface area contributed by atoms with Crippen LogP contribution in [0.1, 0.15) is 0 Å². The lowest BCUT2D eigenvalue weighted by Gasteiger charge is -2.12. The van der Waals surface area contributed by atoms with E-state index in [1.54, 1.807) is 0 Å². The second-order valence-corrected chi connectivity index (χ2v) is 8.92. The fourth-order valence-corrected chi connectivity index (χ4v) is 4.62. The van der Waals surface area contributed by atoms with Crippen LogP contribution >= 0.6 is 0 Å². The second-order valence-electron chi connectivity index (χ2n) is 8.92. The third kappa shape index (κ3) is 3.95. The fourth-order valence-electron chi connectivity index (χ4n) is 4.62. The van der Waals surface area contributed by atoms with Crippen LogP contribution in [-0.4, -0.2) is 15.0 Å². The molecule has 0 atom stereocenters. The molecule has 0 saturated heterocycles. The molecule has 0 bridgehead atoms. The molecule has 4 heteroatoms. The predicted octanol–water partition coefficient (Wildman–Crippen LogP) is 8.44. The summed E-state index contributed by atoms with van der Waals surface area (Å²) in [7, 11) is 0. The van der Waals surface area contributed by atoms with Gasteiger partial charge < -0.3 is 4.42 Å². The topological polar surface area (TPSA) is 51.8 Å². The molecule has 0 saturated carbocycles. The number of hydrogen-bond donors (Lipinski definition) is 0. The molecule has 0 aliphatic carbocycles. The highest BCUT2D eigenvalue weighted by atomic mass is 16.3. The second kappa shape index (κ2) is 8.85. The Labute approximate surface area is 213 Å². The number of nitrogens with zero attached hydrogens (tertiary/aromatic N) is 3. The molecule has 0 amide bonds. The summed E-state index contributed by atoms with van der Waals surface area (Å²) in [4.78, 5) is 14.7. The summed E-state index contributed by atoms with van der Waals surface area (Å²) in [6.07, 6.45) is 0. The van der Waals surface area contributed by atoms with Gasteiger partial charge in [0.2, 0.25) is 5.89 Å². The molecule has 0 aliphatic heterocycles. The lowest BCUT2D eigenvalue weighted by Crippen LogP contribution is -1.95. The molecule has 0 N–H and O–H groups in total. The van der Waals surface area contributed by atoms with Gasteiger partial charge in [-0.05, 0) is 47.5 Å². The molecule has 0 aliphatic rings. The average Bonchev–Trinajstić information content (AvgIpc) is 3.42. The van der Waals surface area contributed by atoms with Crippen molar-refractivity contribution in [2.45, 2.75) is 0 Å². The molecule has 5 aromatic carbocycles. The van der Waals surface area contributed by atoms with Gasteiger partial charge in [0, 0.05) is 16.7 Å². The minimum absolute atomic E-state index is 0.606. The Morgan fingerprint density at radius 2 is 0.811 bits per heavy atom. The quantitative estimate of drug-likeness (QED) is 0.256. The molecular weight excluding hydrogens is 454 g/mol. The van der Waals surface area contributed by atoms with Crippen molar-refractivity contribution in [3.63, 3.8) is 0 Å². The normalized spacial score (nSPS) is 11.2. The number of oxazole rings is 1. The van der Waals surface area contributed by atoms with Crippen molar-refractivity contribution in [1.29, 1.82) is 0 Å². The van der Waals surface area contributed by atoms with Crippen LogP contribution < -0.4 is 0 Å². The predicted molar refractivity (Wildman–Crippen MR) is 149 cm³/mol. The van der Waals surface area contributed by atoms with Crippen molar-refractivity contribution in [2.75, 3.05) is 0 Å². The molecule has 7 rings (SSSR count). The van der Waals surface area contributed by atoms with E-state index in [0.717, 1.165) is 50.2 Å². The van der Waals surface area contributed by atoms with Crippen molar-refractivity contribution in [3.05, 3.63) is 127 Å². The highest BCUT2D eigenvalue weighted by Gasteiger charge is 2.15. The molecule has 37 heavy (non-hydrogen) atoms. The van der Waals surface area contributed by atoms with Crippen molar-refractivity contribution >= 4 is 22.1 Å². The summed E-state index contributed by atoms with van der Waals surface area (Å²) in [5.41, 5.74) is 10.4. The molecule has 0 spiro atoms. The zero-order valence-corrected chi connectivity index (χ0v) is 19.9. The van der Waals surface area contributed by atoms with Crippen molar-refractivity contribution in [1.82, 2.24) is 15.0 Å². The van der Waals surface area contributed by atoms with Crippen LogP contribution in [0.3, 0.4) is 0 Å². The summed E-state index contributed by atoms with van der Waals surface area (Å²) in [5.74, 6) is 0.606. The lowest BCUT2D eigenvalue weighted by atomic mass is 9.99. The number of para-hydroxylation sites is 4. The molecule has 0 radical (unpaired) electrons. The zero-order valence-electron chi connectivity index (χ0n) is 19.9. The maximum Gasteiger partial charge on any atom is 0.227 e. The minimum Gasteiger partial charge on any atom is -0.436 e. The van der Waals surface area contributed by atoms with E-state index in [0.29, 0.717) is 5.89 Å². The van der Waals surface area contributed by atoms with Gasteiger partial charge in [-0.15, -0.1) is 0 Å². The van der Waals surface area contributed by atoms with E-state index in [2.05, 4.69) is 65.6 Å². The van der Waals surface area contributed by atoms with E-state index < -0.39 is 0 Å². The first-order valence-corrected chi connectivity index (χ1v) is 12.2. The molecular formula is C33H21N3O. The molecule has 2 heterocycles. The van der Waals surface area contributed by atoms with Gasteiger partial charge in [0.25, 0.3) is 0 Å². The van der Waals surface area contributed by atoms with Crippen LogP contribution in [0.4, 0.5) is 0 Å². The van der Waals surface area contributed by atoms with E-state index in [-0.39, 0.29) is 0 Å². The number of fused-ring (bicyclic) bond motifs is 2. The Hall–Kier alpha value is -5.09. The fraction of sp³-hybridized carbons (Fsp3) is 0. The van der Waals surface area contributed by atoms with Crippen LogP contribution in [0, 0.1) is 0 Å². The van der Waals surface area contributed by atoms with Crippen LogP contribution in [-0.2, 0) is 0 Å². The maximum atomic E-state index is 5.96. The summed E-state index contributed by atoms with van der Waals surface area (Å²) < 4.78 is 5.96. The molecule has 2 aromatic heterocycles. The largest absolute Gasteiger partial charge is 0.436 e. The lowest BCUT2D eigenvalue weighted by molar-refractivity contribution is 0.620. The Morgan fingerprint density at radius 1 is 0.351 bits per heavy atom. The number of aromatic nitrogens is 3. The third-order valence-electron chi connectivity index (χ3n) is 6.54. The van der Waals surface area contributed by atoms with Crippen LogP contribution in [0.25, 0.3) is 67.2 Å².